The van der Waals surface area contributed by atoms with E-state index in [1.807, 2.05) is 17.9 Å². The van der Waals surface area contributed by atoms with Crippen LogP contribution < -0.4 is 0 Å². The molecule has 1 saturated heterocycles. The molecular formula is C14H26N2O3. The summed E-state index contributed by atoms with van der Waals surface area (Å²) in [7, 11) is 1.74. The molecule has 19 heavy (non-hydrogen) atoms. The molecule has 0 spiro atoms. The molecule has 0 amide bonds. The average molecular weight is 270 g/mol. The maximum absolute atomic E-state index is 9.83. The number of β-amino-alcohol motifs (C(OH)–C–C–N with tert-alkyl or cyclic N) is 1. The molecule has 0 saturated carbocycles. The van der Waals surface area contributed by atoms with E-state index >= 15 is 0 Å². The molecule has 0 unspecified atom stereocenters. The molecule has 1 aliphatic heterocycles. The normalized spacial score (nSPS) is 34.1. The second-order valence-electron chi connectivity index (χ2n) is 5.31. The monoisotopic (exact) mass is 270 g/mol. The molecule has 1 heterocycles. The fourth-order valence-corrected chi connectivity index (χ4v) is 2.38. The van der Waals surface area contributed by atoms with Crippen LogP contribution in [0.5, 0.6) is 0 Å². The van der Waals surface area contributed by atoms with Gasteiger partial charge in [-0.2, -0.15) is 0 Å². The van der Waals surface area contributed by atoms with Crippen LogP contribution in [0.15, 0.2) is 16.6 Å². The zero-order chi connectivity index (χ0) is 14.4. The number of likely N-dealkylation sites (tertiary alicyclic amines) is 1. The molecule has 3 N–H and O–H groups in total. The maximum Gasteiger partial charge on any atom is 0.108 e. The van der Waals surface area contributed by atoms with Crippen LogP contribution in [-0.2, 0) is 0 Å². The van der Waals surface area contributed by atoms with Gasteiger partial charge in [0.05, 0.1) is 12.2 Å². The van der Waals surface area contributed by atoms with Crippen molar-refractivity contribution in [2.45, 2.75) is 51.0 Å². The van der Waals surface area contributed by atoms with Crippen molar-refractivity contribution in [1.29, 1.82) is 0 Å². The lowest BCUT2D eigenvalue weighted by Crippen LogP contribution is -2.60. The van der Waals surface area contributed by atoms with Gasteiger partial charge < -0.3 is 15.3 Å². The Hall–Kier alpha value is -0.750. The fourth-order valence-electron chi connectivity index (χ4n) is 2.38. The number of aliphatic hydroxyl groups is 3. The van der Waals surface area contributed by atoms with E-state index in [1.54, 1.807) is 13.3 Å². The van der Waals surface area contributed by atoms with E-state index in [1.165, 1.54) is 5.57 Å². The van der Waals surface area contributed by atoms with Gasteiger partial charge in [0.15, 0.2) is 0 Å². The van der Waals surface area contributed by atoms with Crippen LogP contribution in [0, 0.1) is 0 Å². The Kier molecular flexibility index (Phi) is 6.65. The third kappa shape index (κ3) is 4.69. The summed E-state index contributed by atoms with van der Waals surface area (Å²) in [4.78, 5) is 5.94. The smallest absolute Gasteiger partial charge is 0.108 e. The molecule has 5 heteroatoms. The molecule has 1 aliphatic rings. The molecule has 110 valence electrons. The van der Waals surface area contributed by atoms with Gasteiger partial charge in [-0.1, -0.05) is 5.57 Å². The predicted molar refractivity (Wildman–Crippen MR) is 76.5 cm³/mol. The van der Waals surface area contributed by atoms with Gasteiger partial charge in [0.25, 0.3) is 0 Å². The van der Waals surface area contributed by atoms with Crippen LogP contribution in [-0.4, -0.2) is 70.9 Å². The minimum Gasteiger partial charge on any atom is -0.389 e. The van der Waals surface area contributed by atoms with Crippen molar-refractivity contribution in [3.8, 4) is 0 Å². The van der Waals surface area contributed by atoms with E-state index in [9.17, 15) is 15.3 Å². The summed E-state index contributed by atoms with van der Waals surface area (Å²) in [5, 5.41) is 29.1. The van der Waals surface area contributed by atoms with E-state index in [2.05, 4.69) is 11.9 Å². The van der Waals surface area contributed by atoms with Crippen LogP contribution in [0.2, 0.25) is 0 Å². The number of hydrogen-bond acceptors (Lipinski definition) is 5. The van der Waals surface area contributed by atoms with Crippen LogP contribution in [0.1, 0.15) is 26.7 Å². The standard InChI is InChI=1S/C14H26N2O3/c1-10(6-7-15-3)5-4-8-16-9-12(17)14(19)13(18)11(16)2/h6-7,11-14,17-19H,4-5,8-9H2,1-3H3/b10-6+,15-7-/t11-,12+,13-,14-/m1/s1. The molecule has 0 aromatic rings. The highest BCUT2D eigenvalue weighted by atomic mass is 16.4. The topological polar surface area (TPSA) is 76.3 Å². The number of aliphatic imine (C=N–C) groups is 1. The first-order valence-electron chi connectivity index (χ1n) is 6.83. The predicted octanol–water partition coefficient (Wildman–Crippen LogP) is 0.200. The number of aliphatic hydroxyl groups excluding tert-OH is 3. The lowest BCUT2D eigenvalue weighted by atomic mass is 9.94. The highest BCUT2D eigenvalue weighted by Crippen LogP contribution is 2.19. The molecule has 0 aromatic heterocycles. The molecule has 5 nitrogen and oxygen atoms in total. The van der Waals surface area contributed by atoms with Crippen molar-refractivity contribution in [3.63, 3.8) is 0 Å². The first kappa shape index (κ1) is 16.3. The average Bonchev–Trinajstić information content (AvgIpc) is 2.39. The summed E-state index contributed by atoms with van der Waals surface area (Å²) in [6.45, 7) is 5.16. The zero-order valence-corrected chi connectivity index (χ0v) is 12.0. The van der Waals surface area contributed by atoms with Gasteiger partial charge in [-0.25, -0.2) is 0 Å². The summed E-state index contributed by atoms with van der Waals surface area (Å²) >= 11 is 0. The van der Waals surface area contributed by atoms with Crippen molar-refractivity contribution in [3.05, 3.63) is 11.6 Å². The highest BCUT2D eigenvalue weighted by Gasteiger charge is 2.38. The maximum atomic E-state index is 9.83. The lowest BCUT2D eigenvalue weighted by molar-refractivity contribution is -0.133. The third-order valence-corrected chi connectivity index (χ3v) is 3.76. The second-order valence-corrected chi connectivity index (χ2v) is 5.31. The Bertz CT molecular complexity index is 331. The fraction of sp³-hybridized carbons (Fsp3) is 0.786. The molecule has 0 aromatic carbocycles. The van der Waals surface area contributed by atoms with Crippen molar-refractivity contribution in [2.24, 2.45) is 4.99 Å². The minimum atomic E-state index is -1.03. The third-order valence-electron chi connectivity index (χ3n) is 3.76. The summed E-state index contributed by atoms with van der Waals surface area (Å²) in [5.41, 5.74) is 1.26. The van der Waals surface area contributed by atoms with Gasteiger partial charge in [0.2, 0.25) is 0 Å². The van der Waals surface area contributed by atoms with Crippen molar-refractivity contribution in [2.75, 3.05) is 20.1 Å². The van der Waals surface area contributed by atoms with Crippen LogP contribution in [0.4, 0.5) is 0 Å². The number of nitrogens with zero attached hydrogens (tertiary/aromatic N) is 2. The van der Waals surface area contributed by atoms with E-state index in [-0.39, 0.29) is 6.04 Å². The number of rotatable bonds is 5. The lowest BCUT2D eigenvalue weighted by Gasteiger charge is -2.42. The number of allylic oxidation sites excluding steroid dienone is 2. The van der Waals surface area contributed by atoms with Crippen LogP contribution >= 0.6 is 0 Å². The minimum absolute atomic E-state index is 0.125. The van der Waals surface area contributed by atoms with E-state index < -0.39 is 18.3 Å². The highest BCUT2D eigenvalue weighted by molar-refractivity contribution is 5.71. The zero-order valence-electron chi connectivity index (χ0n) is 12.0. The summed E-state index contributed by atoms with van der Waals surface area (Å²) in [5.74, 6) is 0. The van der Waals surface area contributed by atoms with Gasteiger partial charge in [-0.05, 0) is 39.3 Å². The van der Waals surface area contributed by atoms with E-state index in [0.29, 0.717) is 6.54 Å². The first-order chi connectivity index (χ1) is 8.97. The molecule has 4 atom stereocenters. The van der Waals surface area contributed by atoms with Gasteiger partial charge in [-0.15, -0.1) is 0 Å². The second kappa shape index (κ2) is 7.75. The van der Waals surface area contributed by atoms with Crippen molar-refractivity contribution >= 4 is 6.21 Å². The number of piperidine rings is 1. The molecular weight excluding hydrogens is 244 g/mol. The van der Waals surface area contributed by atoms with Crippen molar-refractivity contribution in [1.82, 2.24) is 4.90 Å². The Morgan fingerprint density at radius 3 is 2.63 bits per heavy atom. The summed E-state index contributed by atoms with van der Waals surface area (Å²) in [6.07, 6.45) is 2.91. The van der Waals surface area contributed by atoms with Crippen LogP contribution in [0.3, 0.4) is 0 Å². The first-order valence-corrected chi connectivity index (χ1v) is 6.83. The van der Waals surface area contributed by atoms with Gasteiger partial charge in [0.1, 0.15) is 6.10 Å². The molecule has 1 rings (SSSR count). The molecule has 0 bridgehead atoms. The Labute approximate surface area is 115 Å². The van der Waals surface area contributed by atoms with Gasteiger partial charge >= 0.3 is 0 Å². The van der Waals surface area contributed by atoms with Gasteiger partial charge in [-0.3, -0.25) is 9.89 Å². The Morgan fingerprint density at radius 2 is 2.00 bits per heavy atom. The summed E-state index contributed by atoms with van der Waals surface area (Å²) < 4.78 is 0. The Morgan fingerprint density at radius 1 is 1.32 bits per heavy atom. The van der Waals surface area contributed by atoms with Crippen LogP contribution in [0.25, 0.3) is 0 Å². The van der Waals surface area contributed by atoms with Crippen molar-refractivity contribution < 1.29 is 15.3 Å². The molecule has 0 radical (unpaired) electrons. The quantitative estimate of drug-likeness (QED) is 0.624. The van der Waals surface area contributed by atoms with E-state index in [0.717, 1.165) is 19.4 Å². The largest absolute Gasteiger partial charge is 0.389 e. The van der Waals surface area contributed by atoms with Gasteiger partial charge in [0, 0.05) is 25.8 Å². The summed E-state index contributed by atoms with van der Waals surface area (Å²) in [6, 6.07) is -0.125. The SMILES string of the molecule is C/N=C\C=C(/C)CCCN1C[C@H](O)[C@@H](O)[C@H](O)[C@H]1C. The molecule has 1 fully saturated rings. The molecule has 0 aliphatic carbocycles. The van der Waals surface area contributed by atoms with E-state index in [4.69, 9.17) is 0 Å². The number of hydrogen-bond donors (Lipinski definition) is 3. The Balaban J connectivity index is 2.40.